The molecule has 1 fully saturated rings. The number of hydrogen-bond acceptors (Lipinski definition) is 8. The normalized spacial score (nSPS) is 17.6. The molecule has 0 unspecified atom stereocenters. The topological polar surface area (TPSA) is 137 Å². The predicted molar refractivity (Wildman–Crippen MR) is 128 cm³/mol. The van der Waals surface area contributed by atoms with E-state index in [1.54, 1.807) is 20.8 Å². The van der Waals surface area contributed by atoms with Gasteiger partial charge in [0.2, 0.25) is 0 Å². The summed E-state index contributed by atoms with van der Waals surface area (Å²) in [5.74, 6) is -0.745. The Bertz CT molecular complexity index is 1080. The van der Waals surface area contributed by atoms with Gasteiger partial charge in [0.05, 0.1) is 23.1 Å². The minimum absolute atomic E-state index is 0.0166. The zero-order valence-corrected chi connectivity index (χ0v) is 20.3. The first-order valence-corrected chi connectivity index (χ1v) is 11.4. The Morgan fingerprint density at radius 2 is 1.75 bits per heavy atom. The van der Waals surface area contributed by atoms with Crippen LogP contribution in [0.15, 0.2) is 54.6 Å². The number of esters is 1. The first-order chi connectivity index (χ1) is 17.0. The van der Waals surface area contributed by atoms with E-state index >= 15 is 0 Å². The van der Waals surface area contributed by atoms with Crippen LogP contribution in [-0.2, 0) is 20.8 Å². The molecule has 1 saturated heterocycles. The maximum Gasteiger partial charge on any atom is 0.410 e. The molecule has 3 rings (SSSR count). The summed E-state index contributed by atoms with van der Waals surface area (Å²) in [5.41, 5.74) is 0.0354. The second-order valence-corrected chi connectivity index (χ2v) is 9.28. The first kappa shape index (κ1) is 26.5. The highest BCUT2D eigenvalue weighted by Crippen LogP contribution is 2.20. The lowest BCUT2D eigenvalue weighted by Crippen LogP contribution is -2.57. The van der Waals surface area contributed by atoms with E-state index in [4.69, 9.17) is 14.2 Å². The van der Waals surface area contributed by atoms with Crippen LogP contribution in [0.2, 0.25) is 0 Å². The van der Waals surface area contributed by atoms with Crippen molar-refractivity contribution >= 4 is 23.8 Å². The van der Waals surface area contributed by atoms with Gasteiger partial charge in [0.15, 0.2) is 0 Å². The molecule has 0 aliphatic carbocycles. The molecular formula is C25H29N3O8. The van der Waals surface area contributed by atoms with Crippen LogP contribution in [0.4, 0.5) is 15.3 Å². The van der Waals surface area contributed by atoms with E-state index in [1.165, 1.54) is 29.2 Å². The number of carbonyl (C=O) groups excluding carboxylic acids is 3. The van der Waals surface area contributed by atoms with Crippen molar-refractivity contribution in [3.63, 3.8) is 0 Å². The lowest BCUT2D eigenvalue weighted by atomic mass is 10.0. The molecule has 11 nitrogen and oxygen atoms in total. The molecule has 36 heavy (non-hydrogen) atoms. The summed E-state index contributed by atoms with van der Waals surface area (Å²) < 4.78 is 16.3. The number of nitrogens with zero attached hydrogens (tertiary/aromatic N) is 2. The van der Waals surface area contributed by atoms with Crippen molar-refractivity contribution in [1.82, 2.24) is 10.2 Å². The van der Waals surface area contributed by atoms with E-state index < -0.39 is 40.8 Å². The van der Waals surface area contributed by atoms with Gasteiger partial charge in [-0.3, -0.25) is 10.1 Å². The third-order valence-electron chi connectivity index (χ3n) is 5.30. The Hall–Kier alpha value is -4.15. The third-order valence-corrected chi connectivity index (χ3v) is 5.30. The van der Waals surface area contributed by atoms with Crippen LogP contribution in [-0.4, -0.2) is 58.8 Å². The van der Waals surface area contributed by atoms with Crippen LogP contribution in [0.1, 0.15) is 43.1 Å². The summed E-state index contributed by atoms with van der Waals surface area (Å²) in [7, 11) is 0. The molecular weight excluding hydrogens is 470 g/mol. The van der Waals surface area contributed by atoms with Crippen molar-refractivity contribution in [2.24, 2.45) is 0 Å². The number of benzene rings is 2. The van der Waals surface area contributed by atoms with Gasteiger partial charge in [0.25, 0.3) is 5.69 Å². The van der Waals surface area contributed by atoms with Gasteiger partial charge in [-0.05, 0) is 44.9 Å². The van der Waals surface area contributed by atoms with Gasteiger partial charge in [0, 0.05) is 18.7 Å². The molecule has 2 aromatic rings. The second kappa shape index (κ2) is 11.5. The van der Waals surface area contributed by atoms with Crippen LogP contribution in [0.25, 0.3) is 0 Å². The predicted octanol–water partition coefficient (Wildman–Crippen LogP) is 4.06. The fourth-order valence-corrected chi connectivity index (χ4v) is 3.53. The van der Waals surface area contributed by atoms with Gasteiger partial charge in [0.1, 0.15) is 18.3 Å². The number of nitro groups is 1. The fourth-order valence-electron chi connectivity index (χ4n) is 3.53. The molecule has 0 bridgehead atoms. The lowest BCUT2D eigenvalue weighted by molar-refractivity contribution is -0.384. The highest BCUT2D eigenvalue weighted by molar-refractivity contribution is 5.89. The smallest absolute Gasteiger partial charge is 0.410 e. The summed E-state index contributed by atoms with van der Waals surface area (Å²) >= 11 is 0. The largest absolute Gasteiger partial charge is 0.455 e. The van der Waals surface area contributed by atoms with Crippen LogP contribution < -0.4 is 5.32 Å². The molecule has 1 aliphatic rings. The van der Waals surface area contributed by atoms with E-state index in [-0.39, 0.29) is 37.4 Å². The summed E-state index contributed by atoms with van der Waals surface area (Å²) in [4.78, 5) is 49.5. The zero-order valence-electron chi connectivity index (χ0n) is 20.3. The van der Waals surface area contributed by atoms with Crippen molar-refractivity contribution in [2.45, 2.75) is 51.5 Å². The van der Waals surface area contributed by atoms with Gasteiger partial charge in [-0.1, -0.05) is 30.3 Å². The fraction of sp³-hybridized carbons (Fsp3) is 0.400. The molecule has 2 amide bonds. The summed E-state index contributed by atoms with van der Waals surface area (Å²) in [5, 5.41) is 13.6. The summed E-state index contributed by atoms with van der Waals surface area (Å²) in [6.45, 7) is 5.55. The molecule has 1 N–H and O–H groups in total. The third kappa shape index (κ3) is 7.69. The number of likely N-dealkylation sites (tertiary alicyclic amines) is 1. The van der Waals surface area contributed by atoms with E-state index in [0.29, 0.717) is 0 Å². The average Bonchev–Trinajstić information content (AvgIpc) is 2.83. The molecule has 1 heterocycles. The van der Waals surface area contributed by atoms with Gasteiger partial charge >= 0.3 is 18.2 Å². The van der Waals surface area contributed by atoms with E-state index in [0.717, 1.165) is 5.56 Å². The van der Waals surface area contributed by atoms with Gasteiger partial charge in [-0.25, -0.2) is 14.4 Å². The Kier molecular flexibility index (Phi) is 8.46. The molecule has 192 valence electrons. The van der Waals surface area contributed by atoms with Crippen molar-refractivity contribution in [3.8, 4) is 0 Å². The highest BCUT2D eigenvalue weighted by atomic mass is 16.6. The number of nitrogens with one attached hydrogen (secondary N) is 1. The standard InChI is InChI=1S/C25H29N3O8/c1-25(2,3)36-24(31)27-14-13-20(26-23(30)34-16-17-7-5-4-6-8-17)21(15-27)35-22(29)18-9-11-19(12-10-18)28(32)33/h4-12,20-21H,13-16H2,1-3H3,(H,26,30)/t20-,21+/m1/s1. The molecule has 0 saturated carbocycles. The van der Waals surface area contributed by atoms with E-state index in [2.05, 4.69) is 5.32 Å². The number of nitro benzene ring substituents is 1. The number of ether oxygens (including phenoxy) is 3. The van der Waals surface area contributed by atoms with E-state index in [1.807, 2.05) is 30.3 Å². The summed E-state index contributed by atoms with van der Waals surface area (Å²) in [6.07, 6.45) is -1.87. The lowest BCUT2D eigenvalue weighted by Gasteiger charge is -2.38. The molecule has 0 spiro atoms. The van der Waals surface area contributed by atoms with Crippen molar-refractivity contribution in [2.75, 3.05) is 13.1 Å². The number of alkyl carbamates (subject to hydrolysis) is 1. The Morgan fingerprint density at radius 3 is 2.36 bits per heavy atom. The molecule has 0 aromatic heterocycles. The molecule has 0 radical (unpaired) electrons. The quantitative estimate of drug-likeness (QED) is 0.272. The minimum atomic E-state index is -0.904. The van der Waals surface area contributed by atoms with Crippen molar-refractivity contribution in [3.05, 3.63) is 75.8 Å². The van der Waals surface area contributed by atoms with Gasteiger partial charge < -0.3 is 24.4 Å². The number of non-ortho nitro benzene ring substituents is 1. The number of hydrogen-bond donors (Lipinski definition) is 1. The van der Waals surface area contributed by atoms with E-state index in [9.17, 15) is 24.5 Å². The maximum atomic E-state index is 12.8. The number of rotatable bonds is 6. The highest BCUT2D eigenvalue weighted by Gasteiger charge is 2.37. The van der Waals surface area contributed by atoms with Crippen molar-refractivity contribution in [1.29, 1.82) is 0 Å². The zero-order chi connectivity index (χ0) is 26.3. The molecule has 1 aliphatic heterocycles. The average molecular weight is 500 g/mol. The molecule has 2 atom stereocenters. The van der Waals surface area contributed by atoms with Gasteiger partial charge in [-0.15, -0.1) is 0 Å². The van der Waals surface area contributed by atoms with Crippen molar-refractivity contribution < 1.29 is 33.5 Å². The van der Waals surface area contributed by atoms with Crippen LogP contribution in [0.3, 0.4) is 0 Å². The second-order valence-electron chi connectivity index (χ2n) is 9.28. The monoisotopic (exact) mass is 499 g/mol. The number of carbonyl (C=O) groups is 3. The summed E-state index contributed by atoms with van der Waals surface area (Å²) in [6, 6.07) is 13.5. The number of amides is 2. The Labute approximate surface area is 208 Å². The minimum Gasteiger partial charge on any atom is -0.455 e. The SMILES string of the molecule is CC(C)(C)OC(=O)N1CC[C@@H](NC(=O)OCc2ccccc2)[C@@H](OC(=O)c2ccc([N+](=O)[O-])cc2)C1. The van der Waals surface area contributed by atoms with Crippen LogP contribution in [0.5, 0.6) is 0 Å². The Balaban J connectivity index is 1.69. The Morgan fingerprint density at radius 1 is 1.08 bits per heavy atom. The van der Waals surface area contributed by atoms with Gasteiger partial charge in [-0.2, -0.15) is 0 Å². The molecule has 11 heteroatoms. The van der Waals surface area contributed by atoms with Crippen LogP contribution >= 0.6 is 0 Å². The molecule has 2 aromatic carbocycles. The number of piperidine rings is 1. The van der Waals surface area contributed by atoms with Crippen LogP contribution in [0, 0.1) is 10.1 Å². The first-order valence-electron chi connectivity index (χ1n) is 11.4. The maximum absolute atomic E-state index is 12.8.